The van der Waals surface area contributed by atoms with Crippen LogP contribution < -0.4 is 14.9 Å². The van der Waals surface area contributed by atoms with Crippen LogP contribution in [0.5, 0.6) is 5.75 Å². The van der Waals surface area contributed by atoms with Crippen LogP contribution in [-0.2, 0) is 14.9 Å². The molecule has 0 bridgehead atoms. The second-order valence-corrected chi connectivity index (χ2v) is 11.0. The second kappa shape index (κ2) is 11.7. The van der Waals surface area contributed by atoms with Crippen LogP contribution in [0.4, 0.5) is 30.7 Å². The molecule has 0 radical (unpaired) electrons. The Hall–Kier alpha value is -4.22. The van der Waals surface area contributed by atoms with E-state index >= 15 is 13.2 Å². The van der Waals surface area contributed by atoms with E-state index in [2.05, 4.69) is 9.50 Å². The fraction of sp³-hybridized carbons (Fsp3) is 0.259. The van der Waals surface area contributed by atoms with Crippen molar-refractivity contribution in [3.63, 3.8) is 0 Å². The van der Waals surface area contributed by atoms with Crippen LogP contribution in [-0.4, -0.2) is 64.1 Å². The van der Waals surface area contributed by atoms with Gasteiger partial charge < -0.3 is 18.7 Å². The van der Waals surface area contributed by atoms with Gasteiger partial charge in [0.2, 0.25) is 17.4 Å². The summed E-state index contributed by atoms with van der Waals surface area (Å²) in [5, 5.41) is 1.99. The number of morpholine rings is 1. The standard InChI is InChI=1S/C27H19F7N2O7S/c28-17-11-15-19(13-3-1-2-4-14(13)26(38)35-5-6-36-7-9-41-10-8-36)16-12-18(29)25(43-44(39,40)27(32,33)34)21(31)24(16)42-23(15)20(30)22(17)37/h1-4,11-12H,5-10H2,(H,35,38). The molecule has 1 saturated heterocycles. The lowest BCUT2D eigenvalue weighted by Crippen LogP contribution is -2.41. The van der Waals surface area contributed by atoms with E-state index in [-0.39, 0.29) is 17.7 Å². The van der Waals surface area contributed by atoms with Gasteiger partial charge in [-0.15, -0.1) is 0 Å². The smallest absolute Gasteiger partial charge is 0.450 e. The first-order valence-electron chi connectivity index (χ1n) is 12.7. The summed E-state index contributed by atoms with van der Waals surface area (Å²) in [7, 11) is -6.58. The summed E-state index contributed by atoms with van der Waals surface area (Å²) < 4.78 is 136. The fourth-order valence-electron chi connectivity index (χ4n) is 4.66. The number of ether oxygens (including phenoxy) is 1. The molecule has 0 aromatic heterocycles. The SMILES string of the molecule is O=C(NCCN1CCOCC1)c1ccccc1-c1c2cc(F)c(=O)c(F)c-2oc2c(F)c(OS(=O)(=O)C(F)(F)F)c(F)cc12. The van der Waals surface area contributed by atoms with Crippen LogP contribution >= 0.6 is 0 Å². The number of amides is 1. The van der Waals surface area contributed by atoms with E-state index in [0.29, 0.717) is 45.0 Å². The predicted molar refractivity (Wildman–Crippen MR) is 140 cm³/mol. The molecule has 3 aliphatic rings. The van der Waals surface area contributed by atoms with Crippen LogP contribution in [0.2, 0.25) is 0 Å². The van der Waals surface area contributed by atoms with Gasteiger partial charge in [-0.1, -0.05) is 18.2 Å². The minimum Gasteiger partial charge on any atom is -0.450 e. The Morgan fingerprint density at radius 2 is 1.66 bits per heavy atom. The topological polar surface area (TPSA) is 115 Å². The molecule has 1 amide bonds. The van der Waals surface area contributed by atoms with Gasteiger partial charge in [0.1, 0.15) is 0 Å². The molecule has 0 spiro atoms. The van der Waals surface area contributed by atoms with Gasteiger partial charge in [0.25, 0.3) is 11.3 Å². The first kappa shape index (κ1) is 31.2. The minimum atomic E-state index is -6.58. The quantitative estimate of drug-likeness (QED) is 0.136. The second-order valence-electron chi connectivity index (χ2n) is 9.47. The first-order valence-corrected chi connectivity index (χ1v) is 14.1. The third-order valence-electron chi connectivity index (χ3n) is 6.74. The van der Waals surface area contributed by atoms with Crippen LogP contribution in [0, 0.1) is 23.3 Å². The number of nitrogens with one attached hydrogen (secondary N) is 1. The Labute approximate surface area is 243 Å². The van der Waals surface area contributed by atoms with Crippen molar-refractivity contribution in [2.24, 2.45) is 0 Å². The zero-order chi connectivity index (χ0) is 32.0. The average Bonchev–Trinajstić information content (AvgIpc) is 2.97. The molecule has 1 fully saturated rings. The molecule has 0 saturated carbocycles. The first-order chi connectivity index (χ1) is 20.7. The molecule has 234 valence electrons. The van der Waals surface area contributed by atoms with Crippen molar-refractivity contribution in [2.75, 3.05) is 39.4 Å². The molecule has 2 heterocycles. The summed E-state index contributed by atoms with van der Waals surface area (Å²) in [4.78, 5) is 27.3. The van der Waals surface area contributed by atoms with Gasteiger partial charge in [-0.05, 0) is 23.8 Å². The van der Waals surface area contributed by atoms with Gasteiger partial charge in [-0.25, -0.2) is 8.78 Å². The number of nitrogens with zero attached hydrogens (tertiary/aromatic N) is 1. The van der Waals surface area contributed by atoms with Crippen molar-refractivity contribution in [1.29, 1.82) is 0 Å². The maximum atomic E-state index is 15.5. The van der Waals surface area contributed by atoms with Crippen LogP contribution in [0.1, 0.15) is 10.4 Å². The van der Waals surface area contributed by atoms with Crippen LogP contribution in [0.25, 0.3) is 33.4 Å². The average molecular weight is 649 g/mol. The van der Waals surface area contributed by atoms with E-state index in [9.17, 15) is 35.6 Å². The molecule has 9 nitrogen and oxygen atoms in total. The third kappa shape index (κ3) is 5.69. The number of carbonyl (C=O) groups is 1. The van der Waals surface area contributed by atoms with Gasteiger partial charge in [0, 0.05) is 48.3 Å². The zero-order valence-corrected chi connectivity index (χ0v) is 22.9. The molecular weight excluding hydrogens is 629 g/mol. The van der Waals surface area contributed by atoms with Gasteiger partial charge in [0.15, 0.2) is 23.0 Å². The lowest BCUT2D eigenvalue weighted by molar-refractivity contribution is -0.0501. The lowest BCUT2D eigenvalue weighted by Gasteiger charge is -2.26. The zero-order valence-electron chi connectivity index (χ0n) is 22.1. The molecule has 2 aromatic rings. The summed E-state index contributed by atoms with van der Waals surface area (Å²) in [6, 6.07) is 6.14. The highest BCUT2D eigenvalue weighted by Crippen LogP contribution is 2.45. The number of rotatable bonds is 7. The van der Waals surface area contributed by atoms with E-state index in [4.69, 9.17) is 9.15 Å². The van der Waals surface area contributed by atoms with Crippen molar-refractivity contribution in [3.8, 4) is 28.2 Å². The number of carbonyl (C=O) groups excluding carboxylic acids is 1. The molecule has 2 aliphatic heterocycles. The van der Waals surface area contributed by atoms with E-state index in [1.807, 2.05) is 4.90 Å². The van der Waals surface area contributed by atoms with Gasteiger partial charge in [-0.2, -0.15) is 30.4 Å². The van der Waals surface area contributed by atoms with Crippen molar-refractivity contribution in [1.82, 2.24) is 10.2 Å². The number of halogens is 7. The Morgan fingerprint density at radius 1 is 0.977 bits per heavy atom. The maximum absolute atomic E-state index is 15.5. The Bertz CT molecular complexity index is 1910. The number of hydrogen-bond acceptors (Lipinski definition) is 8. The maximum Gasteiger partial charge on any atom is 0.534 e. The Morgan fingerprint density at radius 3 is 2.34 bits per heavy atom. The van der Waals surface area contributed by atoms with Crippen molar-refractivity contribution < 1.29 is 57.3 Å². The highest BCUT2D eigenvalue weighted by atomic mass is 32.2. The summed E-state index contributed by atoms with van der Waals surface area (Å²) in [6.07, 6.45) is 0. The normalized spacial score (nSPS) is 14.7. The molecule has 1 N–H and O–H groups in total. The summed E-state index contributed by atoms with van der Waals surface area (Å²) in [5.74, 6) is -11.5. The summed E-state index contributed by atoms with van der Waals surface area (Å²) in [5.41, 5.74) is -10.5. The fourth-order valence-corrected chi connectivity index (χ4v) is 5.12. The van der Waals surface area contributed by atoms with Crippen molar-refractivity contribution in [3.05, 3.63) is 75.5 Å². The molecule has 44 heavy (non-hydrogen) atoms. The number of alkyl halides is 3. The van der Waals surface area contributed by atoms with Crippen molar-refractivity contribution in [2.45, 2.75) is 5.51 Å². The summed E-state index contributed by atoms with van der Waals surface area (Å²) in [6.45, 7) is 2.87. The molecule has 5 rings (SSSR count). The number of hydrogen-bond donors (Lipinski definition) is 1. The van der Waals surface area contributed by atoms with Crippen LogP contribution in [0.15, 0.2) is 45.6 Å². The largest absolute Gasteiger partial charge is 0.534 e. The summed E-state index contributed by atoms with van der Waals surface area (Å²) >= 11 is 0. The Kier molecular flexibility index (Phi) is 8.30. The molecule has 2 aromatic carbocycles. The van der Waals surface area contributed by atoms with Crippen LogP contribution in [0.3, 0.4) is 0 Å². The van der Waals surface area contributed by atoms with E-state index in [1.165, 1.54) is 24.3 Å². The number of fused-ring (bicyclic) bond motifs is 2. The number of benzene rings is 3. The lowest BCUT2D eigenvalue weighted by atomic mass is 9.90. The van der Waals surface area contributed by atoms with Crippen molar-refractivity contribution >= 4 is 27.0 Å². The Balaban J connectivity index is 1.71. The van der Waals surface area contributed by atoms with E-state index in [0.717, 1.165) is 0 Å². The third-order valence-corrected chi connectivity index (χ3v) is 7.69. The van der Waals surface area contributed by atoms with E-state index < -0.39 is 83.8 Å². The molecule has 1 aliphatic carbocycles. The highest BCUT2D eigenvalue weighted by molar-refractivity contribution is 7.88. The molecule has 0 atom stereocenters. The molecule has 0 unspecified atom stereocenters. The van der Waals surface area contributed by atoms with Gasteiger partial charge in [-0.3, -0.25) is 14.5 Å². The van der Waals surface area contributed by atoms with E-state index in [1.54, 1.807) is 0 Å². The van der Waals surface area contributed by atoms with Gasteiger partial charge in [0.05, 0.1) is 13.2 Å². The predicted octanol–water partition coefficient (Wildman–Crippen LogP) is 4.41. The van der Waals surface area contributed by atoms with Gasteiger partial charge >= 0.3 is 15.6 Å². The molecule has 17 heteroatoms. The highest BCUT2D eigenvalue weighted by Gasteiger charge is 2.49. The molecular formula is C27H19F7N2O7S. The minimum absolute atomic E-state index is 0.152. The monoisotopic (exact) mass is 648 g/mol.